The molecule has 3 N–H and O–H groups in total. The molecule has 3 atom stereocenters. The number of benzene rings is 1. The number of hydrogen-bond donors (Lipinski definition) is 3. The van der Waals surface area contributed by atoms with Gasteiger partial charge in [-0.3, -0.25) is 15.0 Å². The third-order valence-corrected chi connectivity index (χ3v) is 4.07. The van der Waals surface area contributed by atoms with Crippen LogP contribution in [0.3, 0.4) is 0 Å². The number of amidine groups is 1. The van der Waals surface area contributed by atoms with E-state index in [4.69, 9.17) is 5.11 Å². The number of nitrogens with one attached hydrogen (secondary N) is 2. The van der Waals surface area contributed by atoms with Crippen LogP contribution in [0, 0.1) is 5.92 Å². The van der Waals surface area contributed by atoms with Crippen LogP contribution in [0.1, 0.15) is 13.3 Å². The molecule has 0 fully saturated rings. The van der Waals surface area contributed by atoms with E-state index in [2.05, 4.69) is 15.7 Å². The average molecular weight is 328 g/mol. The molecule has 1 aromatic rings. The van der Waals surface area contributed by atoms with Crippen molar-refractivity contribution in [2.75, 3.05) is 11.6 Å². The van der Waals surface area contributed by atoms with Crippen LogP contribution in [-0.4, -0.2) is 41.4 Å². The lowest BCUT2D eigenvalue weighted by atomic mass is 10.1. The van der Waals surface area contributed by atoms with Gasteiger partial charge in [0.2, 0.25) is 5.84 Å². The molecule has 1 aromatic carbocycles. The van der Waals surface area contributed by atoms with Crippen LogP contribution in [0.15, 0.2) is 47.5 Å². The number of anilines is 1. The van der Waals surface area contributed by atoms with E-state index in [-0.39, 0.29) is 36.2 Å². The second-order valence-corrected chi connectivity index (χ2v) is 5.92. The minimum Gasteiger partial charge on any atom is -0.396 e. The van der Waals surface area contributed by atoms with Crippen LogP contribution in [0.5, 0.6) is 0 Å². The number of carbonyl (C=O) groups excluding carboxylic acids is 2. The first-order valence-corrected chi connectivity index (χ1v) is 7.92. The second-order valence-electron chi connectivity index (χ2n) is 5.92. The van der Waals surface area contributed by atoms with Crippen LogP contribution < -0.4 is 15.8 Å². The lowest BCUT2D eigenvalue weighted by Crippen LogP contribution is -2.58. The van der Waals surface area contributed by atoms with Crippen LogP contribution >= 0.6 is 0 Å². The molecule has 0 saturated heterocycles. The average Bonchev–Trinajstić information content (AvgIpc) is 3.05. The zero-order chi connectivity index (χ0) is 17.1. The summed E-state index contributed by atoms with van der Waals surface area (Å²) in [5.74, 6) is -0.424. The van der Waals surface area contributed by atoms with Gasteiger partial charge in [-0.1, -0.05) is 30.4 Å². The summed E-state index contributed by atoms with van der Waals surface area (Å²) < 4.78 is 0. The summed E-state index contributed by atoms with van der Waals surface area (Å²) in [6.45, 7) is 1.72. The maximum atomic E-state index is 12.4. The summed E-state index contributed by atoms with van der Waals surface area (Å²) >= 11 is 0. The highest BCUT2D eigenvalue weighted by molar-refractivity contribution is 6.39. The third kappa shape index (κ3) is 3.30. The quantitative estimate of drug-likeness (QED) is 0.697. The van der Waals surface area contributed by atoms with Crippen LogP contribution in [0.2, 0.25) is 0 Å². The van der Waals surface area contributed by atoms with Gasteiger partial charge in [0.25, 0.3) is 11.8 Å². The summed E-state index contributed by atoms with van der Waals surface area (Å²) in [5, 5.41) is 13.3. The smallest absolute Gasteiger partial charge is 0.288 e. The molecule has 2 amide bonds. The van der Waals surface area contributed by atoms with E-state index < -0.39 is 6.04 Å². The van der Waals surface area contributed by atoms with Crippen molar-refractivity contribution >= 4 is 23.3 Å². The third-order valence-electron chi connectivity index (χ3n) is 4.07. The molecule has 126 valence electrons. The predicted molar refractivity (Wildman–Crippen MR) is 90.2 cm³/mol. The number of hydrazine groups is 1. The largest absolute Gasteiger partial charge is 0.396 e. The van der Waals surface area contributed by atoms with Crippen molar-refractivity contribution in [1.29, 1.82) is 0 Å². The van der Waals surface area contributed by atoms with Crippen LogP contribution in [-0.2, 0) is 9.59 Å². The van der Waals surface area contributed by atoms with Crippen molar-refractivity contribution in [1.82, 2.24) is 10.7 Å². The molecule has 0 spiro atoms. The van der Waals surface area contributed by atoms with Gasteiger partial charge >= 0.3 is 0 Å². The van der Waals surface area contributed by atoms with Crippen molar-refractivity contribution in [2.45, 2.75) is 25.4 Å². The van der Waals surface area contributed by atoms with E-state index in [0.717, 1.165) is 0 Å². The Hall–Kier alpha value is -2.67. The standard InChI is InChI=1S/C17H20N4O3/c1-11-17(24)21(14-5-3-2-4-6-14)20-15(18-11)16(23)19-13-8-7-12(9-13)10-22/h2-8,11-13,22H,9-10H2,1H3,(H,18,20)(H,19,23)/t11-,12-,13+/m0/s1. The Bertz CT molecular complexity index is 686. The maximum absolute atomic E-state index is 12.4. The number of amides is 2. The number of hydrogen-bond acceptors (Lipinski definition) is 5. The molecule has 7 nitrogen and oxygen atoms in total. The molecule has 7 heteroatoms. The number of aliphatic hydroxyl groups excluding tert-OH is 1. The Labute approximate surface area is 140 Å². The molecule has 0 saturated carbocycles. The predicted octanol–water partition coefficient (Wildman–Crippen LogP) is 0.378. The molecule has 0 bridgehead atoms. The molecule has 2 aliphatic rings. The van der Waals surface area contributed by atoms with Gasteiger partial charge < -0.3 is 10.4 Å². The van der Waals surface area contributed by atoms with E-state index in [1.165, 1.54) is 5.01 Å². The van der Waals surface area contributed by atoms with Crippen molar-refractivity contribution in [2.24, 2.45) is 10.9 Å². The fraction of sp³-hybridized carbons (Fsp3) is 0.353. The molecular weight excluding hydrogens is 308 g/mol. The highest BCUT2D eigenvalue weighted by atomic mass is 16.3. The normalized spacial score (nSPS) is 26.1. The first-order chi connectivity index (χ1) is 11.6. The van der Waals surface area contributed by atoms with Crippen molar-refractivity contribution in [3.8, 4) is 0 Å². The van der Waals surface area contributed by atoms with E-state index >= 15 is 0 Å². The second kappa shape index (κ2) is 6.84. The zero-order valence-electron chi connectivity index (χ0n) is 13.3. The molecule has 1 aliphatic heterocycles. The number of carbonyl (C=O) groups is 2. The molecule has 3 rings (SSSR count). The Morgan fingerprint density at radius 2 is 2.12 bits per heavy atom. The molecule has 0 aromatic heterocycles. The van der Waals surface area contributed by atoms with Gasteiger partial charge in [-0.05, 0) is 25.5 Å². The topological polar surface area (TPSA) is 94.0 Å². The van der Waals surface area contributed by atoms with Gasteiger partial charge in [-0.25, -0.2) is 10.0 Å². The van der Waals surface area contributed by atoms with Crippen LogP contribution in [0.4, 0.5) is 5.69 Å². The first-order valence-electron chi connectivity index (χ1n) is 7.92. The number of para-hydroxylation sites is 1. The highest BCUT2D eigenvalue weighted by Gasteiger charge is 2.31. The Kier molecular flexibility index (Phi) is 4.61. The number of aliphatic imine (C=N–C) groups is 1. The summed E-state index contributed by atoms with van der Waals surface area (Å²) in [7, 11) is 0. The minimum atomic E-state index is -0.642. The van der Waals surface area contributed by atoms with Gasteiger partial charge in [0.15, 0.2) is 0 Å². The Morgan fingerprint density at radius 1 is 1.38 bits per heavy atom. The monoisotopic (exact) mass is 328 g/mol. The van der Waals surface area contributed by atoms with E-state index in [0.29, 0.717) is 12.1 Å². The van der Waals surface area contributed by atoms with Crippen LogP contribution in [0.25, 0.3) is 0 Å². The Balaban J connectivity index is 1.71. The van der Waals surface area contributed by atoms with Gasteiger partial charge in [-0.2, -0.15) is 0 Å². The summed E-state index contributed by atoms with van der Waals surface area (Å²) in [6, 6.07) is 8.27. The molecule has 0 unspecified atom stereocenters. The van der Waals surface area contributed by atoms with E-state index in [1.807, 2.05) is 30.4 Å². The number of aliphatic hydroxyl groups is 1. The molecule has 1 aliphatic carbocycles. The summed E-state index contributed by atoms with van der Waals surface area (Å²) in [6.07, 6.45) is 4.42. The van der Waals surface area contributed by atoms with Gasteiger partial charge in [0, 0.05) is 18.6 Å². The van der Waals surface area contributed by atoms with E-state index in [9.17, 15) is 9.59 Å². The Morgan fingerprint density at radius 3 is 2.79 bits per heavy atom. The summed E-state index contributed by atoms with van der Waals surface area (Å²) in [4.78, 5) is 28.9. The zero-order valence-corrected chi connectivity index (χ0v) is 13.3. The fourth-order valence-corrected chi connectivity index (χ4v) is 2.76. The van der Waals surface area contributed by atoms with Crippen molar-refractivity contribution in [3.05, 3.63) is 42.5 Å². The minimum absolute atomic E-state index is 0.0649. The molecular formula is C17H20N4O3. The molecule has 1 heterocycles. The van der Waals surface area contributed by atoms with Crippen molar-refractivity contribution in [3.63, 3.8) is 0 Å². The number of nitrogens with zero attached hydrogens (tertiary/aromatic N) is 2. The number of rotatable bonds is 4. The lowest BCUT2D eigenvalue weighted by molar-refractivity contribution is -0.120. The van der Waals surface area contributed by atoms with E-state index in [1.54, 1.807) is 19.1 Å². The molecule has 24 heavy (non-hydrogen) atoms. The SMILES string of the molecule is C[C@@H]1N=C(C(=O)N[C@@H]2C=C[C@H](CO)C2)NN(c2ccccc2)C1=O. The van der Waals surface area contributed by atoms with Gasteiger partial charge in [0.05, 0.1) is 5.69 Å². The maximum Gasteiger partial charge on any atom is 0.288 e. The highest BCUT2D eigenvalue weighted by Crippen LogP contribution is 2.18. The fourth-order valence-electron chi connectivity index (χ4n) is 2.76. The molecule has 0 radical (unpaired) electrons. The van der Waals surface area contributed by atoms with Crippen molar-refractivity contribution < 1.29 is 14.7 Å². The lowest BCUT2D eigenvalue weighted by Gasteiger charge is -2.30. The summed E-state index contributed by atoms with van der Waals surface area (Å²) in [5.41, 5.74) is 3.45. The van der Waals surface area contributed by atoms with Gasteiger partial charge in [0.1, 0.15) is 6.04 Å². The first kappa shape index (κ1) is 16.2. The van der Waals surface area contributed by atoms with Gasteiger partial charge in [-0.15, -0.1) is 0 Å².